The number of aromatic amines is 1. The first kappa shape index (κ1) is 20.9. The first-order valence-corrected chi connectivity index (χ1v) is 10.4. The second kappa shape index (κ2) is 9.18. The molecule has 0 spiro atoms. The summed E-state index contributed by atoms with van der Waals surface area (Å²) in [6.07, 6.45) is 6.12. The molecule has 1 saturated heterocycles. The number of hydrogen-bond donors (Lipinski definition) is 3. The van der Waals surface area contributed by atoms with Crippen molar-refractivity contribution in [3.05, 3.63) is 65.1 Å². The zero-order chi connectivity index (χ0) is 21.8. The lowest BCUT2D eigenvalue weighted by Crippen LogP contribution is -2.33. The van der Waals surface area contributed by atoms with Crippen LogP contribution in [0.3, 0.4) is 0 Å². The maximum atomic E-state index is 12.7. The molecule has 3 aromatic rings. The van der Waals surface area contributed by atoms with Crippen LogP contribution in [0.15, 0.2) is 48.9 Å². The molecule has 4 amide bonds. The zero-order valence-corrected chi connectivity index (χ0v) is 17.5. The van der Waals surface area contributed by atoms with Crippen LogP contribution in [0, 0.1) is 0 Å². The fourth-order valence-corrected chi connectivity index (χ4v) is 3.81. The Kier molecular flexibility index (Phi) is 6.18. The van der Waals surface area contributed by atoms with Gasteiger partial charge in [-0.1, -0.05) is 17.7 Å². The highest BCUT2D eigenvalue weighted by Gasteiger charge is 2.37. The van der Waals surface area contributed by atoms with Gasteiger partial charge in [0.2, 0.25) is 5.91 Å². The number of urea groups is 1. The number of benzene rings is 1. The molecule has 2 aromatic heterocycles. The first-order chi connectivity index (χ1) is 15.0. The molecule has 160 valence electrons. The normalized spacial score (nSPS) is 16.0. The summed E-state index contributed by atoms with van der Waals surface area (Å²) < 4.78 is 0. The minimum absolute atomic E-state index is 0.145. The number of pyridine rings is 1. The summed E-state index contributed by atoms with van der Waals surface area (Å²) in [4.78, 5) is 45.4. The van der Waals surface area contributed by atoms with Crippen molar-refractivity contribution in [2.45, 2.75) is 31.8 Å². The van der Waals surface area contributed by atoms with Gasteiger partial charge >= 0.3 is 6.03 Å². The average Bonchev–Trinajstić information content (AvgIpc) is 3.29. The Labute approximate surface area is 184 Å². The van der Waals surface area contributed by atoms with Crippen LogP contribution in [0.2, 0.25) is 5.02 Å². The highest BCUT2D eigenvalue weighted by atomic mass is 35.5. The third kappa shape index (κ3) is 4.86. The van der Waals surface area contributed by atoms with E-state index in [4.69, 9.17) is 11.6 Å². The Hall–Kier alpha value is -3.39. The fourth-order valence-electron chi connectivity index (χ4n) is 3.64. The van der Waals surface area contributed by atoms with Gasteiger partial charge in [-0.3, -0.25) is 19.5 Å². The van der Waals surface area contributed by atoms with E-state index in [1.807, 2.05) is 24.4 Å². The van der Waals surface area contributed by atoms with Gasteiger partial charge in [0.15, 0.2) is 0 Å². The van der Waals surface area contributed by atoms with Gasteiger partial charge in [-0.2, -0.15) is 0 Å². The number of halogens is 1. The molecule has 9 heteroatoms. The Balaban J connectivity index is 1.28. The second-order valence-corrected chi connectivity index (χ2v) is 7.86. The molecule has 0 unspecified atom stereocenters. The molecule has 3 heterocycles. The molecule has 8 nitrogen and oxygen atoms in total. The predicted octanol–water partition coefficient (Wildman–Crippen LogP) is 2.78. The van der Waals surface area contributed by atoms with Gasteiger partial charge in [-0.05, 0) is 48.2 Å². The number of nitrogens with zero attached hydrogens (tertiary/aromatic N) is 2. The summed E-state index contributed by atoms with van der Waals surface area (Å²) in [6, 6.07) is 8.12. The van der Waals surface area contributed by atoms with Gasteiger partial charge in [0.1, 0.15) is 6.04 Å². The van der Waals surface area contributed by atoms with E-state index in [0.29, 0.717) is 18.0 Å². The summed E-state index contributed by atoms with van der Waals surface area (Å²) in [5, 5.41) is 7.08. The van der Waals surface area contributed by atoms with E-state index in [2.05, 4.69) is 20.6 Å². The van der Waals surface area contributed by atoms with Crippen LogP contribution in [0.1, 0.15) is 24.0 Å². The van der Waals surface area contributed by atoms with E-state index in [9.17, 15) is 14.4 Å². The van der Waals surface area contributed by atoms with Crippen molar-refractivity contribution in [2.24, 2.45) is 0 Å². The number of imide groups is 1. The summed E-state index contributed by atoms with van der Waals surface area (Å²) >= 11 is 6.08. The molecule has 1 aliphatic rings. The first-order valence-electron chi connectivity index (χ1n) is 10.0. The Bertz CT molecular complexity index is 1110. The van der Waals surface area contributed by atoms with Gasteiger partial charge in [-0.15, -0.1) is 0 Å². The number of aromatic nitrogens is 2. The number of rotatable bonds is 8. The average molecular weight is 440 g/mol. The maximum Gasteiger partial charge on any atom is 0.324 e. The Morgan fingerprint density at radius 1 is 1.26 bits per heavy atom. The van der Waals surface area contributed by atoms with Crippen LogP contribution in [0.5, 0.6) is 0 Å². The molecule has 1 aliphatic heterocycles. The molecule has 1 aromatic carbocycles. The van der Waals surface area contributed by atoms with Crippen molar-refractivity contribution in [2.75, 3.05) is 6.54 Å². The molecule has 4 rings (SSSR count). The van der Waals surface area contributed by atoms with Crippen molar-refractivity contribution in [1.29, 1.82) is 0 Å². The predicted molar refractivity (Wildman–Crippen MR) is 116 cm³/mol. The van der Waals surface area contributed by atoms with Crippen LogP contribution in [-0.2, 0) is 22.6 Å². The third-order valence-corrected chi connectivity index (χ3v) is 5.55. The largest absolute Gasteiger partial charge is 0.361 e. The SMILES string of the molecule is O=C(CC[C@@H]1NC(=O)N(CCc2c[nH]c3ccc(Cl)cc23)C1=O)NCc1cccnc1. The van der Waals surface area contributed by atoms with E-state index in [1.54, 1.807) is 24.5 Å². The molecular weight excluding hydrogens is 418 g/mol. The third-order valence-electron chi connectivity index (χ3n) is 5.31. The highest BCUT2D eigenvalue weighted by Crippen LogP contribution is 2.23. The minimum Gasteiger partial charge on any atom is -0.361 e. The topological polar surface area (TPSA) is 107 Å². The lowest BCUT2D eigenvalue weighted by molar-refractivity contribution is -0.127. The van der Waals surface area contributed by atoms with Crippen LogP contribution in [0.25, 0.3) is 10.9 Å². The molecule has 31 heavy (non-hydrogen) atoms. The van der Waals surface area contributed by atoms with E-state index in [0.717, 1.165) is 22.0 Å². The lowest BCUT2D eigenvalue weighted by Gasteiger charge is -2.13. The molecular formula is C22H22ClN5O3. The molecule has 0 saturated carbocycles. The molecule has 0 aliphatic carbocycles. The Morgan fingerprint density at radius 2 is 2.13 bits per heavy atom. The molecule has 1 fully saturated rings. The van der Waals surface area contributed by atoms with E-state index in [-0.39, 0.29) is 31.2 Å². The van der Waals surface area contributed by atoms with E-state index < -0.39 is 12.1 Å². The number of fused-ring (bicyclic) bond motifs is 1. The summed E-state index contributed by atoms with van der Waals surface area (Å²) in [6.45, 7) is 0.631. The van der Waals surface area contributed by atoms with Gasteiger partial charge in [0.25, 0.3) is 5.91 Å². The number of amides is 4. The molecule has 1 atom stereocenters. The maximum absolute atomic E-state index is 12.7. The number of H-pyrrole nitrogens is 1. The fraction of sp³-hybridized carbons (Fsp3) is 0.273. The zero-order valence-electron chi connectivity index (χ0n) is 16.7. The number of nitrogens with one attached hydrogen (secondary N) is 3. The number of carbonyl (C=O) groups excluding carboxylic acids is 3. The highest BCUT2D eigenvalue weighted by molar-refractivity contribution is 6.31. The van der Waals surface area contributed by atoms with Crippen molar-refractivity contribution in [1.82, 2.24) is 25.5 Å². The summed E-state index contributed by atoms with van der Waals surface area (Å²) in [5.41, 5.74) is 2.83. The summed E-state index contributed by atoms with van der Waals surface area (Å²) in [7, 11) is 0. The van der Waals surface area contributed by atoms with E-state index in [1.165, 1.54) is 4.90 Å². The van der Waals surface area contributed by atoms with Gasteiger partial charge < -0.3 is 15.6 Å². The van der Waals surface area contributed by atoms with Crippen LogP contribution < -0.4 is 10.6 Å². The van der Waals surface area contributed by atoms with Gasteiger partial charge in [0, 0.05) is 54.0 Å². The van der Waals surface area contributed by atoms with Crippen LogP contribution in [-0.4, -0.2) is 45.3 Å². The quantitative estimate of drug-likeness (QED) is 0.469. The second-order valence-electron chi connectivity index (χ2n) is 7.42. The Morgan fingerprint density at radius 3 is 2.94 bits per heavy atom. The van der Waals surface area contributed by atoms with Crippen LogP contribution in [0.4, 0.5) is 4.79 Å². The van der Waals surface area contributed by atoms with Crippen molar-refractivity contribution >= 4 is 40.3 Å². The van der Waals surface area contributed by atoms with Crippen LogP contribution >= 0.6 is 11.6 Å². The molecule has 0 radical (unpaired) electrons. The van der Waals surface area contributed by atoms with Crippen molar-refractivity contribution < 1.29 is 14.4 Å². The standard InChI is InChI=1S/C22H22ClN5O3/c23-16-3-4-18-17(10-16)15(13-25-18)7-9-28-21(30)19(27-22(28)31)5-6-20(29)26-12-14-2-1-8-24-11-14/h1-4,8,10-11,13,19,25H,5-7,9,12H2,(H,26,29)(H,27,31)/t19-/m0/s1. The monoisotopic (exact) mass is 439 g/mol. The van der Waals surface area contributed by atoms with Gasteiger partial charge in [0.05, 0.1) is 0 Å². The number of carbonyl (C=O) groups is 3. The van der Waals surface area contributed by atoms with Crippen molar-refractivity contribution in [3.8, 4) is 0 Å². The van der Waals surface area contributed by atoms with Crippen molar-refractivity contribution in [3.63, 3.8) is 0 Å². The smallest absolute Gasteiger partial charge is 0.324 e. The minimum atomic E-state index is -0.686. The lowest BCUT2D eigenvalue weighted by atomic mass is 10.1. The molecule has 3 N–H and O–H groups in total. The summed E-state index contributed by atoms with van der Waals surface area (Å²) in [5.74, 6) is -0.483. The van der Waals surface area contributed by atoms with E-state index >= 15 is 0 Å². The molecule has 0 bridgehead atoms. The van der Waals surface area contributed by atoms with Gasteiger partial charge in [-0.25, -0.2) is 4.79 Å². The number of hydrogen-bond acceptors (Lipinski definition) is 4.